The van der Waals surface area contributed by atoms with E-state index in [1.54, 1.807) is 0 Å². The first-order valence-corrected chi connectivity index (χ1v) is 8.45. The summed E-state index contributed by atoms with van der Waals surface area (Å²) in [7, 11) is 0. The summed E-state index contributed by atoms with van der Waals surface area (Å²) in [4.78, 5) is 28.4. The molecule has 6 nitrogen and oxygen atoms in total. The van der Waals surface area contributed by atoms with Crippen LogP contribution in [0.1, 0.15) is 31.7 Å². The highest BCUT2D eigenvalue weighted by Gasteiger charge is 2.40. The maximum Gasteiger partial charge on any atom is 0.238 e. The van der Waals surface area contributed by atoms with Crippen LogP contribution in [0.15, 0.2) is 24.3 Å². The Morgan fingerprint density at radius 3 is 2.46 bits per heavy atom. The van der Waals surface area contributed by atoms with E-state index < -0.39 is 0 Å². The van der Waals surface area contributed by atoms with Crippen molar-refractivity contribution in [3.63, 3.8) is 0 Å². The van der Waals surface area contributed by atoms with Gasteiger partial charge < -0.3 is 9.47 Å². The Morgan fingerprint density at radius 1 is 1.17 bits per heavy atom. The smallest absolute Gasteiger partial charge is 0.238 e. The average molecular weight is 332 g/mol. The van der Waals surface area contributed by atoms with Crippen molar-refractivity contribution in [3.8, 4) is 5.75 Å². The van der Waals surface area contributed by atoms with E-state index in [1.165, 1.54) is 4.90 Å². The van der Waals surface area contributed by atoms with Gasteiger partial charge in [-0.25, -0.2) is 0 Å². The summed E-state index contributed by atoms with van der Waals surface area (Å²) in [5.41, 5.74) is 0.869. The molecule has 1 atom stereocenters. The lowest BCUT2D eigenvalue weighted by atomic mass is 9.97. The normalized spacial score (nSPS) is 22.5. The van der Waals surface area contributed by atoms with E-state index in [-0.39, 0.29) is 30.3 Å². The summed E-state index contributed by atoms with van der Waals surface area (Å²) in [6.07, 6.45) is 0.350. The van der Waals surface area contributed by atoms with Gasteiger partial charge in [-0.1, -0.05) is 12.1 Å². The highest BCUT2D eigenvalue weighted by atomic mass is 16.5. The summed E-state index contributed by atoms with van der Waals surface area (Å²) < 4.78 is 10.9. The van der Waals surface area contributed by atoms with Crippen LogP contribution in [0.5, 0.6) is 5.75 Å². The number of benzene rings is 1. The quantitative estimate of drug-likeness (QED) is 0.767. The highest BCUT2D eigenvalue weighted by molar-refractivity contribution is 6.06. The van der Waals surface area contributed by atoms with Crippen molar-refractivity contribution in [2.24, 2.45) is 0 Å². The second-order valence-corrected chi connectivity index (χ2v) is 6.52. The minimum Gasteiger partial charge on any atom is -0.491 e. The number of morpholine rings is 1. The number of carbonyl (C=O) groups excluding carboxylic acids is 2. The van der Waals surface area contributed by atoms with Crippen molar-refractivity contribution in [2.45, 2.75) is 32.3 Å². The first-order chi connectivity index (χ1) is 11.5. The van der Waals surface area contributed by atoms with E-state index in [9.17, 15) is 9.59 Å². The third-order valence-corrected chi connectivity index (χ3v) is 4.34. The molecule has 0 aromatic heterocycles. The van der Waals surface area contributed by atoms with Gasteiger partial charge in [0.2, 0.25) is 11.8 Å². The van der Waals surface area contributed by atoms with Gasteiger partial charge in [0.15, 0.2) is 0 Å². The van der Waals surface area contributed by atoms with Crippen molar-refractivity contribution < 1.29 is 19.1 Å². The molecule has 0 aliphatic carbocycles. The van der Waals surface area contributed by atoms with Gasteiger partial charge >= 0.3 is 0 Å². The van der Waals surface area contributed by atoms with Gasteiger partial charge in [0, 0.05) is 19.5 Å². The third kappa shape index (κ3) is 3.76. The number of imide groups is 1. The fraction of sp³-hybridized carbons (Fsp3) is 0.556. The van der Waals surface area contributed by atoms with Gasteiger partial charge in [-0.3, -0.25) is 19.4 Å². The molecular weight excluding hydrogens is 308 g/mol. The Balaban J connectivity index is 1.66. The third-order valence-electron chi connectivity index (χ3n) is 4.34. The fourth-order valence-corrected chi connectivity index (χ4v) is 3.09. The van der Waals surface area contributed by atoms with Gasteiger partial charge in [-0.2, -0.15) is 0 Å². The van der Waals surface area contributed by atoms with E-state index in [0.717, 1.165) is 24.4 Å². The van der Waals surface area contributed by atoms with Gasteiger partial charge in [-0.05, 0) is 31.5 Å². The van der Waals surface area contributed by atoms with Crippen LogP contribution in [-0.2, 0) is 14.3 Å². The molecule has 0 N–H and O–H groups in total. The molecule has 1 aromatic carbocycles. The zero-order valence-corrected chi connectivity index (χ0v) is 14.2. The molecule has 24 heavy (non-hydrogen) atoms. The lowest BCUT2D eigenvalue weighted by Crippen LogP contribution is -2.46. The molecule has 2 saturated heterocycles. The van der Waals surface area contributed by atoms with Gasteiger partial charge in [0.25, 0.3) is 0 Å². The van der Waals surface area contributed by atoms with E-state index in [0.29, 0.717) is 19.9 Å². The maximum atomic E-state index is 12.7. The molecule has 3 rings (SSSR count). The Bertz CT molecular complexity index is 594. The van der Waals surface area contributed by atoms with Crippen LogP contribution in [0.3, 0.4) is 0 Å². The second-order valence-electron chi connectivity index (χ2n) is 6.52. The van der Waals surface area contributed by atoms with Crippen LogP contribution in [-0.4, -0.2) is 60.7 Å². The van der Waals surface area contributed by atoms with Gasteiger partial charge in [-0.15, -0.1) is 0 Å². The largest absolute Gasteiger partial charge is 0.491 e. The van der Waals surface area contributed by atoms with Crippen LogP contribution in [0, 0.1) is 0 Å². The van der Waals surface area contributed by atoms with E-state index in [1.807, 2.05) is 38.1 Å². The summed E-state index contributed by atoms with van der Waals surface area (Å²) >= 11 is 0. The minimum absolute atomic E-state index is 0.0981. The number of hydrogen-bond donors (Lipinski definition) is 0. The van der Waals surface area contributed by atoms with Crippen LogP contribution in [0.25, 0.3) is 0 Å². The molecule has 0 bridgehead atoms. The fourth-order valence-electron chi connectivity index (χ4n) is 3.09. The van der Waals surface area contributed by atoms with E-state index >= 15 is 0 Å². The summed E-state index contributed by atoms with van der Waals surface area (Å²) in [5.74, 6) is 0.186. The van der Waals surface area contributed by atoms with Crippen molar-refractivity contribution in [2.75, 3.05) is 33.0 Å². The maximum absolute atomic E-state index is 12.7. The lowest BCUT2D eigenvalue weighted by molar-refractivity contribution is -0.142. The molecule has 2 aliphatic rings. The molecule has 2 fully saturated rings. The second kappa shape index (κ2) is 7.32. The summed E-state index contributed by atoms with van der Waals surface area (Å²) in [5, 5.41) is 0. The number of likely N-dealkylation sites (tertiary alicyclic amines) is 1. The van der Waals surface area contributed by atoms with Crippen LogP contribution >= 0.6 is 0 Å². The van der Waals surface area contributed by atoms with Gasteiger partial charge in [0.1, 0.15) is 5.75 Å². The van der Waals surface area contributed by atoms with Crippen molar-refractivity contribution in [1.29, 1.82) is 0 Å². The predicted octanol–water partition coefficient (Wildman–Crippen LogP) is 1.61. The van der Waals surface area contributed by atoms with Crippen LogP contribution < -0.4 is 4.74 Å². The number of hydrogen-bond acceptors (Lipinski definition) is 5. The van der Waals surface area contributed by atoms with Crippen LogP contribution in [0.2, 0.25) is 0 Å². The number of nitrogens with zero attached hydrogens (tertiary/aromatic N) is 2. The number of ether oxygens (including phenoxy) is 2. The zero-order valence-electron chi connectivity index (χ0n) is 14.2. The van der Waals surface area contributed by atoms with E-state index in [2.05, 4.69) is 4.90 Å². The topological polar surface area (TPSA) is 59.1 Å². The lowest BCUT2D eigenvalue weighted by Gasteiger charge is -2.29. The summed E-state index contributed by atoms with van der Waals surface area (Å²) in [6, 6.07) is 7.48. The first-order valence-electron chi connectivity index (χ1n) is 8.45. The molecule has 0 saturated carbocycles. The SMILES string of the molecule is CC(C)Oc1ccc([C@@H]2CC(=O)N(CN3CCOCC3)C2=O)cc1. The predicted molar refractivity (Wildman–Crippen MR) is 88.7 cm³/mol. The highest BCUT2D eigenvalue weighted by Crippen LogP contribution is 2.31. The molecular formula is C18H24N2O4. The Hall–Kier alpha value is -1.92. The first kappa shape index (κ1) is 16.9. The van der Waals surface area contributed by atoms with Crippen molar-refractivity contribution >= 4 is 11.8 Å². The molecule has 0 unspecified atom stereocenters. The van der Waals surface area contributed by atoms with Gasteiger partial charge in [0.05, 0.1) is 31.9 Å². The Labute approximate surface area is 142 Å². The Kier molecular flexibility index (Phi) is 5.16. The molecule has 6 heteroatoms. The number of amides is 2. The zero-order chi connectivity index (χ0) is 17.1. The monoisotopic (exact) mass is 332 g/mol. The van der Waals surface area contributed by atoms with Crippen molar-refractivity contribution in [1.82, 2.24) is 9.80 Å². The minimum atomic E-state index is -0.383. The molecule has 1 aromatic rings. The molecule has 0 radical (unpaired) electrons. The molecule has 0 spiro atoms. The van der Waals surface area contributed by atoms with Crippen LogP contribution in [0.4, 0.5) is 0 Å². The molecule has 2 aliphatic heterocycles. The average Bonchev–Trinajstić information content (AvgIpc) is 2.84. The molecule has 2 heterocycles. The molecule has 130 valence electrons. The number of carbonyl (C=O) groups is 2. The Morgan fingerprint density at radius 2 is 1.83 bits per heavy atom. The van der Waals surface area contributed by atoms with Crippen molar-refractivity contribution in [3.05, 3.63) is 29.8 Å². The number of rotatable bonds is 5. The van der Waals surface area contributed by atoms with E-state index in [4.69, 9.17) is 9.47 Å². The molecule has 2 amide bonds. The summed E-state index contributed by atoms with van der Waals surface area (Å²) in [6.45, 7) is 7.11. The standard InChI is InChI=1S/C18H24N2O4/c1-13(2)24-15-5-3-14(4-6-15)16-11-17(21)20(18(16)22)12-19-7-9-23-10-8-19/h3-6,13,16H,7-12H2,1-2H3/t16-/m0/s1.